The van der Waals surface area contributed by atoms with Crippen LogP contribution in [0.2, 0.25) is 0 Å². The van der Waals surface area contributed by atoms with Crippen molar-refractivity contribution in [1.29, 1.82) is 0 Å². The summed E-state index contributed by atoms with van der Waals surface area (Å²) in [4.78, 5) is 11.8. The number of carbonyl (C=O) groups is 1. The number of benzene rings is 1. The van der Waals surface area contributed by atoms with Crippen molar-refractivity contribution in [2.24, 2.45) is 5.92 Å². The van der Waals surface area contributed by atoms with Crippen LogP contribution in [0.1, 0.15) is 57.7 Å². The van der Waals surface area contributed by atoms with Crippen LogP contribution in [0.4, 0.5) is 0 Å². The van der Waals surface area contributed by atoms with E-state index in [-0.39, 0.29) is 24.0 Å². The Hall–Kier alpha value is -1.35. The van der Waals surface area contributed by atoms with Gasteiger partial charge >= 0.3 is 5.97 Å². The van der Waals surface area contributed by atoms with Crippen LogP contribution in [0.3, 0.4) is 0 Å². The van der Waals surface area contributed by atoms with E-state index in [1.54, 1.807) is 0 Å². The van der Waals surface area contributed by atoms with Crippen molar-refractivity contribution < 1.29 is 9.53 Å². The molecule has 3 nitrogen and oxygen atoms in total. The molecule has 20 heavy (non-hydrogen) atoms. The quantitative estimate of drug-likeness (QED) is 0.806. The Morgan fingerprint density at radius 1 is 1.00 bits per heavy atom. The minimum Gasteiger partial charge on any atom is -0.468 e. The first-order chi connectivity index (χ1) is 9.36. The summed E-state index contributed by atoms with van der Waals surface area (Å²) in [6.45, 7) is 10.5. The van der Waals surface area contributed by atoms with E-state index in [4.69, 9.17) is 4.74 Å². The summed E-state index contributed by atoms with van der Waals surface area (Å²) in [6, 6.07) is 8.40. The summed E-state index contributed by atoms with van der Waals surface area (Å²) in [5, 5.41) is 3.36. The lowest BCUT2D eigenvalue weighted by atomic mass is 9.98. The average Bonchev–Trinajstić information content (AvgIpc) is 2.43. The first-order valence-electron chi connectivity index (χ1n) is 7.30. The third kappa shape index (κ3) is 4.34. The highest BCUT2D eigenvalue weighted by molar-refractivity contribution is 5.76. The zero-order chi connectivity index (χ0) is 15.3. The molecule has 1 rings (SSSR count). The number of methoxy groups -OCH3 is 1. The van der Waals surface area contributed by atoms with Gasteiger partial charge in [0.1, 0.15) is 6.04 Å². The van der Waals surface area contributed by atoms with Gasteiger partial charge in [-0.25, -0.2) is 0 Å². The molecule has 0 aliphatic heterocycles. The van der Waals surface area contributed by atoms with Crippen LogP contribution < -0.4 is 5.32 Å². The monoisotopic (exact) mass is 277 g/mol. The highest BCUT2D eigenvalue weighted by Gasteiger charge is 2.24. The Balaban J connectivity index is 2.78. The van der Waals surface area contributed by atoms with Crippen molar-refractivity contribution in [1.82, 2.24) is 5.32 Å². The third-order valence-corrected chi connectivity index (χ3v) is 3.65. The molecular formula is C17H27NO2. The fraction of sp³-hybridized carbons (Fsp3) is 0.588. The van der Waals surface area contributed by atoms with Crippen molar-refractivity contribution in [3.63, 3.8) is 0 Å². The molecule has 1 aromatic carbocycles. The number of nitrogens with one attached hydrogen (secondary N) is 1. The maximum Gasteiger partial charge on any atom is 0.323 e. The van der Waals surface area contributed by atoms with Gasteiger partial charge in [-0.05, 0) is 29.9 Å². The number of ether oxygens (including phenoxy) is 1. The normalized spacial score (nSPS) is 14.4. The van der Waals surface area contributed by atoms with Crippen LogP contribution in [-0.2, 0) is 9.53 Å². The van der Waals surface area contributed by atoms with E-state index in [1.165, 1.54) is 18.2 Å². The molecule has 0 amide bonds. The molecule has 1 N–H and O–H groups in total. The third-order valence-electron chi connectivity index (χ3n) is 3.65. The van der Waals surface area contributed by atoms with Gasteiger partial charge in [-0.15, -0.1) is 0 Å². The van der Waals surface area contributed by atoms with E-state index in [1.807, 2.05) is 13.8 Å². The standard InChI is InChI=1S/C17H27NO2/c1-11(2)14-7-9-15(10-8-14)13(5)18-16(12(3)4)17(19)20-6/h7-13,16,18H,1-6H3/t13?,16-/m0/s1. The molecule has 1 aromatic rings. The second kappa shape index (κ2) is 7.44. The topological polar surface area (TPSA) is 38.3 Å². The summed E-state index contributed by atoms with van der Waals surface area (Å²) in [7, 11) is 1.43. The van der Waals surface area contributed by atoms with Gasteiger partial charge in [0.2, 0.25) is 0 Å². The van der Waals surface area contributed by atoms with Gasteiger partial charge < -0.3 is 4.74 Å². The summed E-state index contributed by atoms with van der Waals surface area (Å²) < 4.78 is 4.86. The van der Waals surface area contributed by atoms with Gasteiger partial charge in [-0.3, -0.25) is 10.1 Å². The number of carbonyl (C=O) groups excluding carboxylic acids is 1. The van der Waals surface area contributed by atoms with Gasteiger partial charge in [-0.1, -0.05) is 52.0 Å². The van der Waals surface area contributed by atoms with Crippen molar-refractivity contribution in [2.75, 3.05) is 7.11 Å². The highest BCUT2D eigenvalue weighted by Crippen LogP contribution is 2.20. The highest BCUT2D eigenvalue weighted by atomic mass is 16.5. The van der Waals surface area contributed by atoms with Crippen LogP contribution in [0.25, 0.3) is 0 Å². The number of hydrogen-bond acceptors (Lipinski definition) is 3. The molecule has 3 heteroatoms. The second-order valence-electron chi connectivity index (χ2n) is 5.95. The lowest BCUT2D eigenvalue weighted by molar-refractivity contribution is -0.144. The maximum atomic E-state index is 11.8. The zero-order valence-corrected chi connectivity index (χ0v) is 13.4. The largest absolute Gasteiger partial charge is 0.468 e. The fourth-order valence-corrected chi connectivity index (χ4v) is 2.19. The van der Waals surface area contributed by atoms with Crippen molar-refractivity contribution in [3.8, 4) is 0 Å². The Morgan fingerprint density at radius 3 is 1.90 bits per heavy atom. The number of esters is 1. The maximum absolute atomic E-state index is 11.8. The molecule has 0 fully saturated rings. The van der Waals surface area contributed by atoms with E-state index in [2.05, 4.69) is 50.4 Å². The van der Waals surface area contributed by atoms with Crippen LogP contribution in [-0.4, -0.2) is 19.1 Å². The average molecular weight is 277 g/mol. The Labute approximate surface area is 122 Å². The first kappa shape index (κ1) is 16.7. The molecule has 2 atom stereocenters. The molecule has 0 aromatic heterocycles. The van der Waals surface area contributed by atoms with Crippen molar-refractivity contribution >= 4 is 5.97 Å². The van der Waals surface area contributed by atoms with Crippen LogP contribution >= 0.6 is 0 Å². The number of hydrogen-bond donors (Lipinski definition) is 1. The molecule has 0 saturated carbocycles. The second-order valence-corrected chi connectivity index (χ2v) is 5.95. The minimum absolute atomic E-state index is 0.114. The van der Waals surface area contributed by atoms with Gasteiger partial charge in [-0.2, -0.15) is 0 Å². The molecular weight excluding hydrogens is 250 g/mol. The Bertz CT molecular complexity index is 423. The summed E-state index contributed by atoms with van der Waals surface area (Å²) in [6.07, 6.45) is 0. The molecule has 0 saturated heterocycles. The van der Waals surface area contributed by atoms with E-state index in [0.717, 1.165) is 0 Å². The van der Waals surface area contributed by atoms with Crippen LogP contribution in [0.15, 0.2) is 24.3 Å². The molecule has 0 heterocycles. The van der Waals surface area contributed by atoms with Crippen molar-refractivity contribution in [2.45, 2.75) is 52.6 Å². The van der Waals surface area contributed by atoms with E-state index in [9.17, 15) is 4.79 Å². The molecule has 112 valence electrons. The predicted octanol–water partition coefficient (Wildman–Crippen LogP) is 3.66. The number of rotatable bonds is 6. The van der Waals surface area contributed by atoms with E-state index >= 15 is 0 Å². The lowest BCUT2D eigenvalue weighted by Crippen LogP contribution is -2.42. The van der Waals surface area contributed by atoms with Crippen molar-refractivity contribution in [3.05, 3.63) is 35.4 Å². The van der Waals surface area contributed by atoms with Crippen LogP contribution in [0, 0.1) is 5.92 Å². The van der Waals surface area contributed by atoms with Gasteiger partial charge in [0, 0.05) is 6.04 Å². The fourth-order valence-electron chi connectivity index (χ4n) is 2.19. The SMILES string of the molecule is COC(=O)[C@@H](NC(C)c1ccc(C(C)C)cc1)C(C)C. The zero-order valence-electron chi connectivity index (χ0n) is 13.4. The predicted molar refractivity (Wildman–Crippen MR) is 82.7 cm³/mol. The van der Waals surface area contributed by atoms with E-state index < -0.39 is 0 Å². The Kier molecular flexibility index (Phi) is 6.21. The summed E-state index contributed by atoms with van der Waals surface area (Å²) in [5.74, 6) is 0.524. The molecule has 1 unspecified atom stereocenters. The van der Waals surface area contributed by atoms with E-state index in [0.29, 0.717) is 5.92 Å². The molecule has 0 aliphatic carbocycles. The molecule has 0 radical (unpaired) electrons. The smallest absolute Gasteiger partial charge is 0.323 e. The minimum atomic E-state index is -0.278. The molecule has 0 spiro atoms. The van der Waals surface area contributed by atoms with Gasteiger partial charge in [0.25, 0.3) is 0 Å². The first-order valence-corrected chi connectivity index (χ1v) is 7.30. The summed E-state index contributed by atoms with van der Waals surface area (Å²) in [5.41, 5.74) is 2.51. The molecule has 0 aliphatic rings. The van der Waals surface area contributed by atoms with Gasteiger partial charge in [0.15, 0.2) is 0 Å². The van der Waals surface area contributed by atoms with Gasteiger partial charge in [0.05, 0.1) is 7.11 Å². The summed E-state index contributed by atoms with van der Waals surface area (Å²) >= 11 is 0. The van der Waals surface area contributed by atoms with Crippen LogP contribution in [0.5, 0.6) is 0 Å². The Morgan fingerprint density at radius 2 is 1.50 bits per heavy atom. The molecule has 0 bridgehead atoms. The lowest BCUT2D eigenvalue weighted by Gasteiger charge is -2.24.